The third-order valence-corrected chi connectivity index (χ3v) is 3.52. The Labute approximate surface area is 132 Å². The summed E-state index contributed by atoms with van der Waals surface area (Å²) < 4.78 is 6.57. The number of halogens is 2. The van der Waals surface area contributed by atoms with E-state index in [2.05, 4.69) is 33.2 Å². The van der Waals surface area contributed by atoms with Crippen LogP contribution in [0.5, 0.6) is 11.6 Å². The fourth-order valence-corrected chi connectivity index (χ4v) is 2.46. The predicted octanol–water partition coefficient (Wildman–Crippen LogP) is 4.79. The number of pyridine rings is 1. The molecule has 0 aliphatic heterocycles. The summed E-state index contributed by atoms with van der Waals surface area (Å²) in [5.74, 6) is 1.27. The Morgan fingerprint density at radius 2 is 2.15 bits per heavy atom. The molecule has 1 N–H and O–H groups in total. The zero-order valence-corrected chi connectivity index (χ0v) is 13.5. The van der Waals surface area contributed by atoms with Gasteiger partial charge in [-0.2, -0.15) is 0 Å². The Morgan fingerprint density at radius 1 is 1.30 bits per heavy atom. The van der Waals surface area contributed by atoms with Crippen LogP contribution in [0.4, 0.5) is 0 Å². The maximum atomic E-state index is 5.91. The molecule has 0 radical (unpaired) electrons. The van der Waals surface area contributed by atoms with E-state index >= 15 is 0 Å². The average Bonchev–Trinajstić information content (AvgIpc) is 2.43. The molecule has 0 aliphatic rings. The lowest BCUT2D eigenvalue weighted by Crippen LogP contribution is -2.13. The van der Waals surface area contributed by atoms with E-state index in [1.807, 2.05) is 18.2 Å². The number of ether oxygens (including phenoxy) is 1. The molecule has 0 spiro atoms. The summed E-state index contributed by atoms with van der Waals surface area (Å²) in [6.07, 6.45) is 2.87. The molecule has 0 fully saturated rings. The second-order valence-corrected chi connectivity index (χ2v) is 5.65. The molecule has 1 aromatic heterocycles. The number of hydrogen-bond donors (Lipinski definition) is 1. The van der Waals surface area contributed by atoms with Crippen molar-refractivity contribution in [3.8, 4) is 11.6 Å². The van der Waals surface area contributed by atoms with Crippen molar-refractivity contribution in [2.75, 3.05) is 6.54 Å². The van der Waals surface area contributed by atoms with Crippen molar-refractivity contribution in [3.63, 3.8) is 0 Å². The van der Waals surface area contributed by atoms with E-state index in [-0.39, 0.29) is 0 Å². The lowest BCUT2D eigenvalue weighted by molar-refractivity contribution is 0.459. The molecule has 106 valence electrons. The van der Waals surface area contributed by atoms with E-state index in [9.17, 15) is 0 Å². The van der Waals surface area contributed by atoms with Gasteiger partial charge in [-0.3, -0.25) is 0 Å². The van der Waals surface area contributed by atoms with Crippen molar-refractivity contribution >= 4 is 27.5 Å². The SMILES string of the molecule is CCCNCc1ccnc(Oc2ccc(Cl)cc2Br)c1. The highest BCUT2D eigenvalue weighted by Gasteiger charge is 2.05. The number of rotatable bonds is 6. The first-order valence-corrected chi connectivity index (χ1v) is 7.64. The van der Waals surface area contributed by atoms with Gasteiger partial charge in [-0.1, -0.05) is 18.5 Å². The maximum absolute atomic E-state index is 5.91. The molecule has 2 rings (SSSR count). The van der Waals surface area contributed by atoms with Crippen LogP contribution < -0.4 is 10.1 Å². The number of benzene rings is 1. The summed E-state index contributed by atoms with van der Waals surface area (Å²) in [6.45, 7) is 3.96. The first-order chi connectivity index (χ1) is 9.69. The van der Waals surface area contributed by atoms with Crippen LogP contribution in [0.3, 0.4) is 0 Å². The minimum absolute atomic E-state index is 0.573. The molecule has 0 saturated heterocycles. The standard InChI is InChI=1S/C15H16BrClN2O/c1-2-6-18-10-11-5-7-19-15(8-11)20-14-4-3-12(17)9-13(14)16/h3-5,7-9,18H,2,6,10H2,1H3. The summed E-state index contributed by atoms with van der Waals surface area (Å²) in [5.41, 5.74) is 1.15. The van der Waals surface area contributed by atoms with E-state index in [4.69, 9.17) is 16.3 Å². The van der Waals surface area contributed by atoms with E-state index in [1.165, 1.54) is 0 Å². The summed E-state index contributed by atoms with van der Waals surface area (Å²) in [6, 6.07) is 9.31. The van der Waals surface area contributed by atoms with Crippen LogP contribution in [0.25, 0.3) is 0 Å². The van der Waals surface area contributed by atoms with Crippen molar-refractivity contribution in [1.82, 2.24) is 10.3 Å². The van der Waals surface area contributed by atoms with Crippen LogP contribution in [0.15, 0.2) is 41.0 Å². The lowest BCUT2D eigenvalue weighted by Gasteiger charge is -2.09. The van der Waals surface area contributed by atoms with Gasteiger partial charge in [0.2, 0.25) is 5.88 Å². The van der Waals surface area contributed by atoms with Crippen LogP contribution in [0, 0.1) is 0 Å². The highest BCUT2D eigenvalue weighted by molar-refractivity contribution is 9.10. The molecular weight excluding hydrogens is 340 g/mol. The molecule has 0 amide bonds. The Hall–Kier alpha value is -1.10. The largest absolute Gasteiger partial charge is 0.438 e. The third-order valence-electron chi connectivity index (χ3n) is 2.66. The number of nitrogens with one attached hydrogen (secondary N) is 1. The monoisotopic (exact) mass is 354 g/mol. The van der Waals surface area contributed by atoms with Crippen LogP contribution in [0.2, 0.25) is 5.02 Å². The second kappa shape index (κ2) is 7.62. The van der Waals surface area contributed by atoms with Crippen molar-refractivity contribution < 1.29 is 4.74 Å². The summed E-state index contributed by atoms with van der Waals surface area (Å²) in [5, 5.41) is 4.01. The van der Waals surface area contributed by atoms with Gasteiger partial charge >= 0.3 is 0 Å². The molecule has 2 aromatic rings. The molecule has 0 atom stereocenters. The minimum atomic E-state index is 0.573. The van der Waals surface area contributed by atoms with Crippen molar-refractivity contribution in [3.05, 3.63) is 51.6 Å². The zero-order chi connectivity index (χ0) is 14.4. The van der Waals surface area contributed by atoms with Gasteiger partial charge in [0, 0.05) is 23.8 Å². The van der Waals surface area contributed by atoms with E-state index < -0.39 is 0 Å². The molecule has 0 saturated carbocycles. The Morgan fingerprint density at radius 3 is 2.90 bits per heavy atom. The fourth-order valence-electron chi connectivity index (χ4n) is 1.70. The molecule has 1 aromatic carbocycles. The molecular formula is C15H16BrClN2O. The quantitative estimate of drug-likeness (QED) is 0.757. The molecule has 0 bridgehead atoms. The van der Waals surface area contributed by atoms with Gasteiger partial charge in [0.15, 0.2) is 0 Å². The van der Waals surface area contributed by atoms with Gasteiger partial charge in [-0.25, -0.2) is 4.98 Å². The Bertz CT molecular complexity index is 578. The number of hydrogen-bond acceptors (Lipinski definition) is 3. The fraction of sp³-hybridized carbons (Fsp3) is 0.267. The first kappa shape index (κ1) is 15.3. The van der Waals surface area contributed by atoms with Gasteiger partial charge < -0.3 is 10.1 Å². The smallest absolute Gasteiger partial charge is 0.219 e. The molecule has 0 unspecified atom stereocenters. The first-order valence-electron chi connectivity index (χ1n) is 6.47. The normalized spacial score (nSPS) is 10.6. The predicted molar refractivity (Wildman–Crippen MR) is 85.5 cm³/mol. The molecule has 5 heteroatoms. The van der Waals surface area contributed by atoms with Crippen LogP contribution >= 0.6 is 27.5 Å². The topological polar surface area (TPSA) is 34.2 Å². The lowest BCUT2D eigenvalue weighted by atomic mass is 10.2. The molecule has 20 heavy (non-hydrogen) atoms. The highest BCUT2D eigenvalue weighted by Crippen LogP contribution is 2.31. The number of aromatic nitrogens is 1. The Balaban J connectivity index is 2.07. The molecule has 1 heterocycles. The van der Waals surface area contributed by atoms with Crippen molar-refractivity contribution in [1.29, 1.82) is 0 Å². The van der Waals surface area contributed by atoms with E-state index in [1.54, 1.807) is 18.3 Å². The van der Waals surface area contributed by atoms with Gasteiger partial charge in [0.05, 0.1) is 4.47 Å². The third kappa shape index (κ3) is 4.47. The minimum Gasteiger partial charge on any atom is -0.438 e. The van der Waals surface area contributed by atoms with Crippen molar-refractivity contribution in [2.45, 2.75) is 19.9 Å². The van der Waals surface area contributed by atoms with E-state index in [0.29, 0.717) is 16.7 Å². The highest BCUT2D eigenvalue weighted by atomic mass is 79.9. The number of nitrogens with zero attached hydrogens (tertiary/aromatic N) is 1. The molecule has 3 nitrogen and oxygen atoms in total. The van der Waals surface area contributed by atoms with Gasteiger partial charge in [0.1, 0.15) is 5.75 Å². The second-order valence-electron chi connectivity index (χ2n) is 4.36. The average molecular weight is 356 g/mol. The summed E-state index contributed by atoms with van der Waals surface area (Å²) in [7, 11) is 0. The van der Waals surface area contributed by atoms with E-state index in [0.717, 1.165) is 29.5 Å². The molecule has 0 aliphatic carbocycles. The van der Waals surface area contributed by atoms with Crippen LogP contribution in [-0.4, -0.2) is 11.5 Å². The van der Waals surface area contributed by atoms with Crippen LogP contribution in [0.1, 0.15) is 18.9 Å². The van der Waals surface area contributed by atoms with Crippen LogP contribution in [-0.2, 0) is 6.54 Å². The van der Waals surface area contributed by atoms with Crippen molar-refractivity contribution in [2.24, 2.45) is 0 Å². The zero-order valence-electron chi connectivity index (χ0n) is 11.2. The van der Waals surface area contributed by atoms with Gasteiger partial charge in [-0.05, 0) is 58.7 Å². The van der Waals surface area contributed by atoms with Gasteiger partial charge in [-0.15, -0.1) is 0 Å². The Kier molecular flexibility index (Phi) is 5.83. The van der Waals surface area contributed by atoms with Gasteiger partial charge in [0.25, 0.3) is 0 Å². The summed E-state index contributed by atoms with van der Waals surface area (Å²) >= 11 is 9.33. The summed E-state index contributed by atoms with van der Waals surface area (Å²) in [4.78, 5) is 4.22. The maximum Gasteiger partial charge on any atom is 0.219 e.